The van der Waals surface area contributed by atoms with Crippen molar-refractivity contribution in [2.24, 2.45) is 0 Å². The molecule has 3 heterocycles. The summed E-state index contributed by atoms with van der Waals surface area (Å²) in [6.07, 6.45) is 1.45. The van der Waals surface area contributed by atoms with Gasteiger partial charge in [0.05, 0.1) is 18.3 Å². The molecule has 2 aliphatic rings. The number of rotatable bonds is 7. The van der Waals surface area contributed by atoms with Gasteiger partial charge < -0.3 is 20.0 Å². The summed E-state index contributed by atoms with van der Waals surface area (Å²) in [7, 11) is 0. The topological polar surface area (TPSA) is 90.7 Å². The first-order valence-electron chi connectivity index (χ1n) is 13.0. The van der Waals surface area contributed by atoms with Crippen LogP contribution < -0.4 is 15.5 Å². The normalized spacial score (nSPS) is 18.7. The standard InChI is InChI=1S/C28H30F3N5O3/c29-28(30,31)21-3-1-2-20(14-21)27(38)33-16-26(37)34-22-8-11-36(17-22)24-9-12-35(13-10-24)23-6-4-19(5-7-23)25-15-32-18-39-25/h1-7,14-15,18,22,24H,8-13,16-17H2,(H,33,38)(H,34,37)/t22-/m1/s1. The summed E-state index contributed by atoms with van der Waals surface area (Å²) in [6, 6.07) is 12.8. The Bertz CT molecular complexity index is 1270. The molecule has 2 fully saturated rings. The second-order valence-corrected chi connectivity index (χ2v) is 9.94. The Morgan fingerprint density at radius 3 is 2.49 bits per heavy atom. The number of halogens is 3. The number of nitrogens with zero attached hydrogens (tertiary/aromatic N) is 3. The Kier molecular flexibility index (Phi) is 7.87. The molecular formula is C28H30F3N5O3. The number of hydrogen-bond donors (Lipinski definition) is 2. The van der Waals surface area contributed by atoms with Gasteiger partial charge in [-0.25, -0.2) is 4.98 Å². The fourth-order valence-corrected chi connectivity index (χ4v) is 5.30. The van der Waals surface area contributed by atoms with Crippen LogP contribution in [0.25, 0.3) is 11.3 Å². The van der Waals surface area contributed by atoms with Crippen molar-refractivity contribution in [2.45, 2.75) is 37.5 Å². The van der Waals surface area contributed by atoms with Crippen molar-refractivity contribution < 1.29 is 27.2 Å². The van der Waals surface area contributed by atoms with Gasteiger partial charge in [0.25, 0.3) is 5.91 Å². The second-order valence-electron chi connectivity index (χ2n) is 9.94. The van der Waals surface area contributed by atoms with Crippen molar-refractivity contribution in [1.29, 1.82) is 0 Å². The van der Waals surface area contributed by atoms with E-state index in [0.717, 1.165) is 68.9 Å². The molecule has 11 heteroatoms. The number of carbonyl (C=O) groups excluding carboxylic acids is 2. The summed E-state index contributed by atoms with van der Waals surface area (Å²) in [5, 5.41) is 5.36. The monoisotopic (exact) mass is 541 g/mol. The molecular weight excluding hydrogens is 511 g/mol. The number of hydrogen-bond acceptors (Lipinski definition) is 6. The lowest BCUT2D eigenvalue weighted by atomic mass is 10.0. The summed E-state index contributed by atoms with van der Waals surface area (Å²) in [5.74, 6) is -0.330. The molecule has 2 aliphatic heterocycles. The summed E-state index contributed by atoms with van der Waals surface area (Å²) >= 11 is 0. The van der Waals surface area contributed by atoms with Gasteiger partial charge in [0.2, 0.25) is 5.91 Å². The third kappa shape index (κ3) is 6.59. The molecule has 2 aromatic carbocycles. The van der Waals surface area contributed by atoms with Crippen molar-refractivity contribution in [2.75, 3.05) is 37.6 Å². The Morgan fingerprint density at radius 2 is 1.79 bits per heavy atom. The number of amides is 2. The molecule has 206 valence electrons. The van der Waals surface area contributed by atoms with Crippen LogP contribution in [0, 0.1) is 0 Å². The molecule has 3 aromatic rings. The molecule has 0 radical (unpaired) electrons. The van der Waals surface area contributed by atoms with Crippen LogP contribution in [0.3, 0.4) is 0 Å². The van der Waals surface area contributed by atoms with Crippen LogP contribution in [-0.4, -0.2) is 66.5 Å². The zero-order valence-electron chi connectivity index (χ0n) is 21.3. The van der Waals surface area contributed by atoms with Gasteiger partial charge in [0.1, 0.15) is 0 Å². The van der Waals surface area contributed by atoms with Crippen molar-refractivity contribution in [3.05, 3.63) is 72.2 Å². The number of benzene rings is 2. The molecule has 5 rings (SSSR count). The number of nitrogens with one attached hydrogen (secondary N) is 2. The van der Waals surface area contributed by atoms with Gasteiger partial charge in [0.15, 0.2) is 12.2 Å². The van der Waals surface area contributed by atoms with E-state index >= 15 is 0 Å². The predicted octanol–water partition coefficient (Wildman–Crippen LogP) is 3.95. The molecule has 0 spiro atoms. The number of likely N-dealkylation sites (tertiary alicyclic amines) is 1. The molecule has 0 bridgehead atoms. The highest BCUT2D eigenvalue weighted by Crippen LogP contribution is 2.30. The maximum Gasteiger partial charge on any atom is 0.416 e. The van der Waals surface area contributed by atoms with E-state index < -0.39 is 17.6 Å². The molecule has 0 saturated carbocycles. The van der Waals surface area contributed by atoms with E-state index in [1.165, 1.54) is 24.2 Å². The highest BCUT2D eigenvalue weighted by atomic mass is 19.4. The third-order valence-electron chi connectivity index (χ3n) is 7.38. The molecule has 2 amide bonds. The number of piperidine rings is 1. The zero-order chi connectivity index (χ0) is 27.4. The number of aromatic nitrogens is 1. The van der Waals surface area contributed by atoms with Crippen LogP contribution in [0.4, 0.5) is 18.9 Å². The number of carbonyl (C=O) groups is 2. The first-order chi connectivity index (χ1) is 18.8. The molecule has 8 nitrogen and oxygen atoms in total. The molecule has 2 N–H and O–H groups in total. The lowest BCUT2D eigenvalue weighted by Gasteiger charge is -2.38. The molecule has 39 heavy (non-hydrogen) atoms. The Morgan fingerprint density at radius 1 is 1.03 bits per heavy atom. The Hall–Kier alpha value is -3.86. The average molecular weight is 542 g/mol. The van der Waals surface area contributed by atoms with E-state index in [2.05, 4.69) is 37.6 Å². The van der Waals surface area contributed by atoms with E-state index in [9.17, 15) is 22.8 Å². The van der Waals surface area contributed by atoms with Crippen LogP contribution in [0.1, 0.15) is 35.2 Å². The maximum absolute atomic E-state index is 12.9. The molecule has 1 atom stereocenters. The highest BCUT2D eigenvalue weighted by molar-refractivity contribution is 5.96. The van der Waals surface area contributed by atoms with Crippen LogP contribution in [0.15, 0.2) is 65.5 Å². The largest absolute Gasteiger partial charge is 0.444 e. The fraction of sp³-hybridized carbons (Fsp3) is 0.393. The smallest absolute Gasteiger partial charge is 0.416 e. The third-order valence-corrected chi connectivity index (χ3v) is 7.38. The Balaban J connectivity index is 1.04. The van der Waals surface area contributed by atoms with Crippen molar-refractivity contribution in [3.8, 4) is 11.3 Å². The second kappa shape index (κ2) is 11.5. The highest BCUT2D eigenvalue weighted by Gasteiger charge is 2.32. The van der Waals surface area contributed by atoms with Gasteiger partial charge in [-0.2, -0.15) is 13.2 Å². The number of anilines is 1. The van der Waals surface area contributed by atoms with Gasteiger partial charge in [-0.1, -0.05) is 6.07 Å². The van der Waals surface area contributed by atoms with Gasteiger partial charge in [-0.3, -0.25) is 14.5 Å². The van der Waals surface area contributed by atoms with Gasteiger partial charge >= 0.3 is 6.18 Å². The summed E-state index contributed by atoms with van der Waals surface area (Å²) in [5.41, 5.74) is 1.13. The van der Waals surface area contributed by atoms with Crippen LogP contribution in [0.5, 0.6) is 0 Å². The van der Waals surface area contributed by atoms with Crippen LogP contribution >= 0.6 is 0 Å². The molecule has 1 aromatic heterocycles. The quantitative estimate of drug-likeness (QED) is 0.471. The zero-order valence-corrected chi connectivity index (χ0v) is 21.3. The Labute approximate surface area is 224 Å². The van der Waals surface area contributed by atoms with E-state index in [0.29, 0.717) is 6.04 Å². The van der Waals surface area contributed by atoms with E-state index in [-0.39, 0.29) is 24.1 Å². The molecule has 0 unspecified atom stereocenters. The molecule has 2 saturated heterocycles. The summed E-state index contributed by atoms with van der Waals surface area (Å²) < 4.78 is 44.0. The minimum absolute atomic E-state index is 0.0235. The van der Waals surface area contributed by atoms with Crippen molar-refractivity contribution in [3.63, 3.8) is 0 Å². The van der Waals surface area contributed by atoms with E-state index in [4.69, 9.17) is 4.42 Å². The summed E-state index contributed by atoms with van der Waals surface area (Å²) in [4.78, 5) is 33.4. The van der Waals surface area contributed by atoms with E-state index in [1.807, 2.05) is 12.1 Å². The lowest BCUT2D eigenvalue weighted by molar-refractivity contribution is -0.137. The van der Waals surface area contributed by atoms with Crippen LogP contribution in [0.2, 0.25) is 0 Å². The predicted molar refractivity (Wildman–Crippen MR) is 139 cm³/mol. The minimum Gasteiger partial charge on any atom is -0.444 e. The average Bonchev–Trinajstić information content (AvgIpc) is 3.65. The van der Waals surface area contributed by atoms with Crippen molar-refractivity contribution >= 4 is 17.5 Å². The first kappa shape index (κ1) is 26.7. The fourth-order valence-electron chi connectivity index (χ4n) is 5.30. The first-order valence-corrected chi connectivity index (χ1v) is 13.0. The van der Waals surface area contributed by atoms with Gasteiger partial charge in [-0.05, 0) is 61.7 Å². The number of oxazole rings is 1. The molecule has 0 aliphatic carbocycles. The SMILES string of the molecule is O=C(CNC(=O)c1cccc(C(F)(F)F)c1)N[C@@H]1CCN(C2CCN(c3ccc(-c4cnco4)cc3)CC2)C1. The van der Waals surface area contributed by atoms with Crippen molar-refractivity contribution in [1.82, 2.24) is 20.5 Å². The van der Waals surface area contributed by atoms with Gasteiger partial charge in [-0.15, -0.1) is 0 Å². The minimum atomic E-state index is -4.54. The summed E-state index contributed by atoms with van der Waals surface area (Å²) in [6.45, 7) is 3.23. The maximum atomic E-state index is 12.9. The number of alkyl halides is 3. The van der Waals surface area contributed by atoms with Gasteiger partial charge in [0, 0.05) is 55.1 Å². The van der Waals surface area contributed by atoms with Crippen LogP contribution in [-0.2, 0) is 11.0 Å². The van der Waals surface area contributed by atoms with E-state index in [1.54, 1.807) is 6.20 Å². The lowest BCUT2D eigenvalue weighted by Crippen LogP contribution is -2.46.